The van der Waals surface area contributed by atoms with Gasteiger partial charge in [0.2, 0.25) is 21.8 Å². The van der Waals surface area contributed by atoms with Gasteiger partial charge < -0.3 is 10.2 Å². The Morgan fingerprint density at radius 3 is 2.11 bits per heavy atom. The summed E-state index contributed by atoms with van der Waals surface area (Å²) in [6.07, 6.45) is 2.80. The van der Waals surface area contributed by atoms with Crippen LogP contribution in [0.4, 0.5) is 5.69 Å². The fourth-order valence-electron chi connectivity index (χ4n) is 3.82. The Hall–Kier alpha value is -2.58. The number of carbonyl (C=O) groups is 2. The summed E-state index contributed by atoms with van der Waals surface area (Å²) in [6, 6.07) is 13.4. The molecule has 0 radical (unpaired) electrons. The van der Waals surface area contributed by atoms with E-state index in [4.69, 9.17) is 11.6 Å². The van der Waals surface area contributed by atoms with E-state index in [9.17, 15) is 18.0 Å². The first-order valence-corrected chi connectivity index (χ1v) is 14.1. The first-order valence-electron chi connectivity index (χ1n) is 11.9. The lowest BCUT2D eigenvalue weighted by molar-refractivity contribution is -0.140. The lowest BCUT2D eigenvalue weighted by Crippen LogP contribution is -2.53. The van der Waals surface area contributed by atoms with Crippen molar-refractivity contribution in [2.75, 3.05) is 17.1 Å². The number of amides is 2. The third-order valence-corrected chi connectivity index (χ3v) is 7.50. The van der Waals surface area contributed by atoms with E-state index in [1.54, 1.807) is 30.3 Å². The van der Waals surface area contributed by atoms with E-state index in [1.165, 1.54) is 4.90 Å². The molecule has 0 spiro atoms. The molecule has 7 nitrogen and oxygen atoms in total. The second-order valence-electron chi connectivity index (χ2n) is 8.61. The Bertz CT molecular complexity index is 1120. The Balaban J connectivity index is 2.49. The van der Waals surface area contributed by atoms with Gasteiger partial charge in [-0.15, -0.1) is 0 Å². The summed E-state index contributed by atoms with van der Waals surface area (Å²) in [6.45, 7) is 7.28. The van der Waals surface area contributed by atoms with Crippen molar-refractivity contribution in [3.63, 3.8) is 0 Å². The van der Waals surface area contributed by atoms with Gasteiger partial charge >= 0.3 is 0 Å². The molecule has 0 aromatic heterocycles. The maximum absolute atomic E-state index is 13.7. The average Bonchev–Trinajstić information content (AvgIpc) is 2.82. The van der Waals surface area contributed by atoms with Gasteiger partial charge in [0.05, 0.1) is 11.9 Å². The highest BCUT2D eigenvalue weighted by Crippen LogP contribution is 2.25. The molecule has 0 aliphatic carbocycles. The number of nitrogens with one attached hydrogen (secondary N) is 1. The summed E-state index contributed by atoms with van der Waals surface area (Å²) < 4.78 is 26.7. The quantitative estimate of drug-likeness (QED) is 0.448. The van der Waals surface area contributed by atoms with Crippen molar-refractivity contribution in [2.24, 2.45) is 0 Å². The molecule has 2 rings (SSSR count). The summed E-state index contributed by atoms with van der Waals surface area (Å²) in [7, 11) is -3.78. The van der Waals surface area contributed by atoms with E-state index >= 15 is 0 Å². The van der Waals surface area contributed by atoms with Crippen LogP contribution >= 0.6 is 11.6 Å². The number of rotatable bonds is 12. The average molecular weight is 522 g/mol. The zero-order chi connectivity index (χ0) is 26.2. The van der Waals surface area contributed by atoms with E-state index in [2.05, 4.69) is 5.32 Å². The van der Waals surface area contributed by atoms with Gasteiger partial charge in [-0.3, -0.25) is 13.9 Å². The van der Waals surface area contributed by atoms with Crippen LogP contribution in [0.5, 0.6) is 0 Å². The summed E-state index contributed by atoms with van der Waals surface area (Å²) in [4.78, 5) is 28.3. The maximum atomic E-state index is 13.7. The van der Waals surface area contributed by atoms with Gasteiger partial charge in [0.25, 0.3) is 0 Å². The smallest absolute Gasteiger partial charge is 0.244 e. The first-order chi connectivity index (χ1) is 16.5. The van der Waals surface area contributed by atoms with Gasteiger partial charge in [0, 0.05) is 17.6 Å². The molecule has 2 atom stereocenters. The lowest BCUT2D eigenvalue weighted by Gasteiger charge is -2.34. The molecule has 2 aromatic rings. The molecule has 0 aliphatic heterocycles. The summed E-state index contributed by atoms with van der Waals surface area (Å²) >= 11 is 6.38. The number of aryl methyl sites for hydroxylation is 1. The van der Waals surface area contributed by atoms with Gasteiger partial charge in [-0.1, -0.05) is 68.8 Å². The monoisotopic (exact) mass is 521 g/mol. The topological polar surface area (TPSA) is 86.8 Å². The summed E-state index contributed by atoms with van der Waals surface area (Å²) in [5.74, 6) is -0.755. The minimum absolute atomic E-state index is 0.0576. The zero-order valence-corrected chi connectivity index (χ0v) is 22.7. The SMILES string of the molecule is CCc1ccccc1N(CC(=O)N(Cc1ccccc1Cl)[C@@H](CC)C(=O)N[C@@H](C)CC)S(C)(=O)=O. The van der Waals surface area contributed by atoms with Gasteiger partial charge in [0.1, 0.15) is 12.6 Å². The number of nitrogens with zero attached hydrogens (tertiary/aromatic N) is 2. The molecule has 0 bridgehead atoms. The van der Waals surface area contributed by atoms with E-state index < -0.39 is 28.5 Å². The molecule has 2 amide bonds. The third-order valence-electron chi connectivity index (χ3n) is 6.01. The van der Waals surface area contributed by atoms with Gasteiger partial charge in [-0.2, -0.15) is 0 Å². The lowest BCUT2D eigenvalue weighted by atomic mass is 10.1. The van der Waals surface area contributed by atoms with Crippen molar-refractivity contribution >= 4 is 39.1 Å². The number of halogens is 1. The minimum atomic E-state index is -3.78. The third kappa shape index (κ3) is 7.70. The van der Waals surface area contributed by atoms with E-state index in [1.807, 2.05) is 45.9 Å². The van der Waals surface area contributed by atoms with Crippen LogP contribution in [0, 0.1) is 0 Å². The molecular formula is C26H36ClN3O4S. The molecule has 0 saturated carbocycles. The summed E-state index contributed by atoms with van der Waals surface area (Å²) in [5, 5.41) is 3.42. The Morgan fingerprint density at radius 2 is 1.57 bits per heavy atom. The maximum Gasteiger partial charge on any atom is 0.244 e. The number of benzene rings is 2. The Kier molecular flexibility index (Phi) is 10.6. The van der Waals surface area contributed by atoms with Crippen molar-refractivity contribution < 1.29 is 18.0 Å². The number of anilines is 1. The molecular weight excluding hydrogens is 486 g/mol. The van der Waals surface area contributed by atoms with Crippen LogP contribution in [0.25, 0.3) is 0 Å². The number of hydrogen-bond acceptors (Lipinski definition) is 4. The largest absolute Gasteiger partial charge is 0.352 e. The van der Waals surface area contributed by atoms with Gasteiger partial charge in [-0.05, 0) is 49.4 Å². The molecule has 0 fully saturated rings. The molecule has 1 N–H and O–H groups in total. The fraction of sp³-hybridized carbons (Fsp3) is 0.462. The van der Waals surface area contributed by atoms with Crippen LogP contribution in [0.3, 0.4) is 0 Å². The number of hydrogen-bond donors (Lipinski definition) is 1. The van der Waals surface area contributed by atoms with Crippen LogP contribution in [0.15, 0.2) is 48.5 Å². The highest BCUT2D eigenvalue weighted by atomic mass is 35.5. The predicted molar refractivity (Wildman–Crippen MR) is 142 cm³/mol. The normalized spacial score (nSPS) is 13.1. The second-order valence-corrected chi connectivity index (χ2v) is 10.9. The van der Waals surface area contributed by atoms with Crippen molar-refractivity contribution in [3.05, 3.63) is 64.7 Å². The molecule has 9 heteroatoms. The minimum Gasteiger partial charge on any atom is -0.352 e. The number of para-hydroxylation sites is 1. The number of sulfonamides is 1. The molecule has 0 unspecified atom stereocenters. The van der Waals surface area contributed by atoms with Crippen LogP contribution < -0.4 is 9.62 Å². The highest BCUT2D eigenvalue weighted by Gasteiger charge is 2.32. The van der Waals surface area contributed by atoms with Gasteiger partial charge in [-0.25, -0.2) is 8.42 Å². The van der Waals surface area contributed by atoms with Crippen molar-refractivity contribution in [1.82, 2.24) is 10.2 Å². The van der Waals surface area contributed by atoms with Crippen LogP contribution in [0.1, 0.15) is 51.7 Å². The van der Waals surface area contributed by atoms with E-state index in [-0.39, 0.29) is 18.5 Å². The number of carbonyl (C=O) groups excluding carboxylic acids is 2. The molecule has 35 heavy (non-hydrogen) atoms. The predicted octanol–water partition coefficient (Wildman–Crippen LogP) is 4.39. The molecule has 2 aromatic carbocycles. The fourth-order valence-corrected chi connectivity index (χ4v) is 4.89. The molecule has 0 saturated heterocycles. The van der Waals surface area contributed by atoms with Crippen molar-refractivity contribution in [1.29, 1.82) is 0 Å². The Morgan fingerprint density at radius 1 is 0.971 bits per heavy atom. The molecule has 192 valence electrons. The van der Waals surface area contributed by atoms with Crippen molar-refractivity contribution in [3.8, 4) is 0 Å². The molecule has 0 aliphatic rings. The first kappa shape index (κ1) is 28.7. The van der Waals surface area contributed by atoms with E-state index in [0.29, 0.717) is 29.1 Å². The van der Waals surface area contributed by atoms with Crippen LogP contribution in [0.2, 0.25) is 5.02 Å². The Labute approximate surface area is 214 Å². The molecule has 0 heterocycles. The van der Waals surface area contributed by atoms with Crippen LogP contribution in [-0.2, 0) is 32.6 Å². The zero-order valence-electron chi connectivity index (χ0n) is 21.1. The van der Waals surface area contributed by atoms with Crippen molar-refractivity contribution in [2.45, 2.75) is 65.6 Å². The second kappa shape index (κ2) is 12.9. The van der Waals surface area contributed by atoms with E-state index in [0.717, 1.165) is 22.5 Å². The van der Waals surface area contributed by atoms with Crippen LogP contribution in [-0.4, -0.2) is 50.0 Å². The highest BCUT2D eigenvalue weighted by molar-refractivity contribution is 7.92. The standard InChI is InChI=1S/C26H36ClN3O4S/c1-6-19(4)28-26(32)23(8-3)29(17-21-14-9-11-15-22(21)27)25(31)18-30(35(5,33)34)24-16-12-10-13-20(24)7-2/h9-16,19,23H,6-8,17-18H2,1-5H3,(H,28,32)/t19-,23-/m0/s1. The summed E-state index contributed by atoms with van der Waals surface area (Å²) in [5.41, 5.74) is 1.95. The van der Waals surface area contributed by atoms with Gasteiger partial charge in [0.15, 0.2) is 0 Å².